The van der Waals surface area contributed by atoms with E-state index in [-0.39, 0.29) is 47.9 Å². The predicted molar refractivity (Wildman–Crippen MR) is 119 cm³/mol. The molecule has 1 rings (SSSR count). The monoisotopic (exact) mass is 476 g/mol. The fourth-order valence-electron chi connectivity index (χ4n) is 2.39. The second-order valence-electron chi connectivity index (χ2n) is 7.00. The number of nitrogens with zero attached hydrogens (tertiary/aromatic N) is 1. The third-order valence-electron chi connectivity index (χ3n) is 3.96. The van der Waals surface area contributed by atoms with E-state index < -0.39 is 0 Å². The highest BCUT2D eigenvalue weighted by molar-refractivity contribution is 14.0. The molecule has 1 amide bonds. The van der Waals surface area contributed by atoms with Crippen LogP contribution in [0.2, 0.25) is 0 Å². The van der Waals surface area contributed by atoms with E-state index in [1.54, 1.807) is 14.2 Å². The first-order valence-electron chi connectivity index (χ1n) is 8.66. The van der Waals surface area contributed by atoms with Gasteiger partial charge in [-0.2, -0.15) is 0 Å². The Morgan fingerprint density at radius 3 is 2.50 bits per heavy atom. The Hall–Kier alpha value is -1.35. The van der Waals surface area contributed by atoms with E-state index in [9.17, 15) is 4.79 Å². The van der Waals surface area contributed by atoms with Gasteiger partial charge in [-0.05, 0) is 29.5 Å². The maximum atomic E-state index is 12.1. The van der Waals surface area contributed by atoms with Crippen LogP contribution in [0.1, 0.15) is 33.3 Å². The third-order valence-corrected chi connectivity index (χ3v) is 3.96. The maximum Gasteiger partial charge on any atom is 0.243 e. The number of aryl methyl sites for hydroxylation is 1. The molecule has 7 heteroatoms. The quantitative estimate of drug-likeness (QED) is 0.321. The molecule has 0 saturated heterocycles. The van der Waals surface area contributed by atoms with Crippen LogP contribution in [0.25, 0.3) is 0 Å². The summed E-state index contributed by atoms with van der Waals surface area (Å²) in [7, 11) is 3.38. The van der Waals surface area contributed by atoms with Crippen molar-refractivity contribution >= 4 is 41.5 Å². The largest absolute Gasteiger partial charge is 0.379 e. The molecular formula is C19H33IN4O2. The minimum Gasteiger partial charge on any atom is -0.379 e. The van der Waals surface area contributed by atoms with Gasteiger partial charge in [-0.1, -0.05) is 39.8 Å². The Morgan fingerprint density at radius 1 is 1.27 bits per heavy atom. The third kappa shape index (κ3) is 8.84. The summed E-state index contributed by atoms with van der Waals surface area (Å²) in [4.78, 5) is 16.2. The van der Waals surface area contributed by atoms with E-state index in [0.29, 0.717) is 12.5 Å². The molecule has 0 saturated carbocycles. The molecule has 1 aromatic rings. The molecule has 0 aliphatic rings. The number of anilines is 1. The van der Waals surface area contributed by atoms with Crippen LogP contribution in [0.4, 0.5) is 5.69 Å². The molecule has 0 aliphatic heterocycles. The average molecular weight is 476 g/mol. The average Bonchev–Trinajstić information content (AvgIpc) is 2.57. The number of benzene rings is 1. The highest BCUT2D eigenvalue weighted by Crippen LogP contribution is 2.20. The number of ether oxygens (including phenoxy) is 1. The van der Waals surface area contributed by atoms with Crippen molar-refractivity contribution in [3.05, 3.63) is 29.8 Å². The van der Waals surface area contributed by atoms with Crippen LogP contribution in [-0.4, -0.2) is 45.2 Å². The van der Waals surface area contributed by atoms with E-state index in [1.165, 1.54) is 5.56 Å². The number of methoxy groups -OCH3 is 1. The SMILES string of the molecule is CCc1cccc(NC(=O)CNC(=NC)NCC(OC)C(C)(C)C)c1.I. The Morgan fingerprint density at radius 2 is 1.96 bits per heavy atom. The maximum absolute atomic E-state index is 12.1. The molecule has 1 atom stereocenters. The number of aliphatic imine (C=N–C) groups is 1. The van der Waals surface area contributed by atoms with Crippen LogP contribution in [0.15, 0.2) is 29.3 Å². The first-order chi connectivity index (χ1) is 11.8. The molecule has 0 aromatic heterocycles. The Balaban J connectivity index is 0.00000625. The molecular weight excluding hydrogens is 443 g/mol. The fraction of sp³-hybridized carbons (Fsp3) is 0.579. The standard InChI is InChI=1S/C19H32N4O2.HI/c1-7-14-9-8-10-15(11-14)23-17(24)13-22-18(20-5)21-12-16(25-6)19(2,3)4;/h8-11,16H,7,12-13H2,1-6H3,(H,23,24)(H2,20,21,22);1H. The molecule has 0 heterocycles. The second-order valence-corrected chi connectivity index (χ2v) is 7.00. The number of amides is 1. The Kier molecular flexibility index (Phi) is 11.5. The Bertz CT molecular complexity index is 585. The van der Waals surface area contributed by atoms with Gasteiger partial charge in [0.2, 0.25) is 5.91 Å². The summed E-state index contributed by atoms with van der Waals surface area (Å²) in [5.41, 5.74) is 2.01. The van der Waals surface area contributed by atoms with Crippen LogP contribution >= 0.6 is 24.0 Å². The van der Waals surface area contributed by atoms with E-state index >= 15 is 0 Å². The molecule has 1 unspecified atom stereocenters. The number of hydrogen-bond acceptors (Lipinski definition) is 3. The molecule has 0 bridgehead atoms. The Labute approximate surface area is 174 Å². The summed E-state index contributed by atoms with van der Waals surface area (Å²) in [6, 6.07) is 7.86. The molecule has 26 heavy (non-hydrogen) atoms. The number of carbonyl (C=O) groups excluding carboxylic acids is 1. The minimum absolute atomic E-state index is 0. The molecule has 0 spiro atoms. The highest BCUT2D eigenvalue weighted by Gasteiger charge is 2.24. The van der Waals surface area contributed by atoms with Gasteiger partial charge >= 0.3 is 0 Å². The highest BCUT2D eigenvalue weighted by atomic mass is 127. The lowest BCUT2D eigenvalue weighted by Gasteiger charge is -2.30. The predicted octanol–water partition coefficient (Wildman–Crippen LogP) is 3.03. The van der Waals surface area contributed by atoms with Crippen LogP contribution in [0, 0.1) is 5.41 Å². The molecule has 6 nitrogen and oxygen atoms in total. The van der Waals surface area contributed by atoms with Gasteiger partial charge in [-0.25, -0.2) is 0 Å². The number of hydrogen-bond donors (Lipinski definition) is 3. The number of rotatable bonds is 7. The zero-order valence-corrected chi connectivity index (χ0v) is 19.0. The van der Waals surface area contributed by atoms with Crippen molar-refractivity contribution < 1.29 is 9.53 Å². The van der Waals surface area contributed by atoms with Gasteiger partial charge in [0.1, 0.15) is 0 Å². The molecule has 3 N–H and O–H groups in total. The van der Waals surface area contributed by atoms with Crippen molar-refractivity contribution in [1.29, 1.82) is 0 Å². The molecule has 0 fully saturated rings. The molecule has 0 aliphatic carbocycles. The number of guanidine groups is 1. The van der Waals surface area contributed by atoms with Gasteiger partial charge in [0, 0.05) is 26.4 Å². The van der Waals surface area contributed by atoms with Crippen molar-refractivity contribution in [3.63, 3.8) is 0 Å². The van der Waals surface area contributed by atoms with Crippen molar-refractivity contribution in [2.24, 2.45) is 10.4 Å². The van der Waals surface area contributed by atoms with Gasteiger partial charge in [-0.15, -0.1) is 24.0 Å². The van der Waals surface area contributed by atoms with Crippen molar-refractivity contribution in [2.75, 3.05) is 32.6 Å². The fourth-order valence-corrected chi connectivity index (χ4v) is 2.39. The van der Waals surface area contributed by atoms with E-state index in [1.807, 2.05) is 24.3 Å². The van der Waals surface area contributed by atoms with Crippen LogP contribution < -0.4 is 16.0 Å². The van der Waals surface area contributed by atoms with E-state index in [2.05, 4.69) is 48.6 Å². The normalized spacial score (nSPS) is 12.8. The number of halogens is 1. The molecule has 0 radical (unpaired) electrons. The van der Waals surface area contributed by atoms with Crippen molar-refractivity contribution in [1.82, 2.24) is 10.6 Å². The van der Waals surface area contributed by atoms with Gasteiger partial charge in [-0.3, -0.25) is 9.79 Å². The van der Waals surface area contributed by atoms with E-state index in [0.717, 1.165) is 12.1 Å². The van der Waals surface area contributed by atoms with Crippen LogP contribution in [0.3, 0.4) is 0 Å². The summed E-state index contributed by atoms with van der Waals surface area (Å²) in [6.07, 6.45) is 0.976. The van der Waals surface area contributed by atoms with Gasteiger partial charge in [0.25, 0.3) is 0 Å². The van der Waals surface area contributed by atoms with Crippen molar-refractivity contribution in [2.45, 2.75) is 40.2 Å². The lowest BCUT2D eigenvalue weighted by atomic mass is 9.89. The summed E-state index contributed by atoms with van der Waals surface area (Å²) in [5.74, 6) is 0.457. The smallest absolute Gasteiger partial charge is 0.243 e. The van der Waals surface area contributed by atoms with Gasteiger partial charge in [0.15, 0.2) is 5.96 Å². The lowest BCUT2D eigenvalue weighted by Crippen LogP contribution is -2.46. The topological polar surface area (TPSA) is 74.8 Å². The van der Waals surface area contributed by atoms with Crippen LogP contribution in [-0.2, 0) is 16.0 Å². The van der Waals surface area contributed by atoms with Gasteiger partial charge < -0.3 is 20.7 Å². The second kappa shape index (κ2) is 12.1. The van der Waals surface area contributed by atoms with Crippen LogP contribution in [0.5, 0.6) is 0 Å². The number of nitrogens with one attached hydrogen (secondary N) is 3. The molecule has 148 valence electrons. The first kappa shape index (κ1) is 24.7. The van der Waals surface area contributed by atoms with E-state index in [4.69, 9.17) is 4.74 Å². The summed E-state index contributed by atoms with van der Waals surface area (Å²) < 4.78 is 5.51. The summed E-state index contributed by atoms with van der Waals surface area (Å²) in [5, 5.41) is 9.11. The lowest BCUT2D eigenvalue weighted by molar-refractivity contribution is -0.115. The zero-order chi connectivity index (χ0) is 18.9. The first-order valence-corrected chi connectivity index (χ1v) is 8.66. The summed E-state index contributed by atoms with van der Waals surface area (Å²) in [6.45, 7) is 9.21. The minimum atomic E-state index is -0.115. The zero-order valence-electron chi connectivity index (χ0n) is 16.7. The number of carbonyl (C=O) groups is 1. The van der Waals surface area contributed by atoms with Crippen molar-refractivity contribution in [3.8, 4) is 0 Å². The summed E-state index contributed by atoms with van der Waals surface area (Å²) >= 11 is 0. The van der Waals surface area contributed by atoms with Gasteiger partial charge in [0.05, 0.1) is 12.6 Å². The molecule has 1 aromatic carbocycles.